The monoisotopic (exact) mass is 308 g/mol. The Bertz CT molecular complexity index is 380. The molecule has 1 heterocycles. The van der Waals surface area contributed by atoms with E-state index < -0.39 is 0 Å². The fourth-order valence-electron chi connectivity index (χ4n) is 2.45. The molecule has 1 aliphatic heterocycles. The highest BCUT2D eigenvalue weighted by Gasteiger charge is 2.26. The van der Waals surface area contributed by atoms with Crippen LogP contribution in [0.2, 0.25) is 5.02 Å². The number of rotatable bonds is 4. The van der Waals surface area contributed by atoms with Crippen LogP contribution >= 0.6 is 24.0 Å². The third kappa shape index (κ3) is 4.04. The number of halogens is 3. The number of benzene rings is 1. The summed E-state index contributed by atoms with van der Waals surface area (Å²) in [5, 5.41) is 12.9. The van der Waals surface area contributed by atoms with E-state index in [9.17, 15) is 9.50 Å². The van der Waals surface area contributed by atoms with Gasteiger partial charge in [0.05, 0.1) is 0 Å². The first-order chi connectivity index (χ1) is 8.74. The van der Waals surface area contributed by atoms with E-state index >= 15 is 0 Å². The van der Waals surface area contributed by atoms with Gasteiger partial charge in [-0.15, -0.1) is 12.4 Å². The summed E-state index contributed by atoms with van der Waals surface area (Å²) in [4.78, 5) is 2.18. The van der Waals surface area contributed by atoms with Crippen LogP contribution in [0.1, 0.15) is 18.0 Å². The Hall–Kier alpha value is -0.390. The molecule has 1 atom stereocenters. The quantitative estimate of drug-likeness (QED) is 0.895. The molecule has 1 aromatic carbocycles. The van der Waals surface area contributed by atoms with Gasteiger partial charge in [0.15, 0.2) is 0 Å². The van der Waals surface area contributed by atoms with Gasteiger partial charge in [0.1, 0.15) is 5.82 Å². The predicted octanol–water partition coefficient (Wildman–Crippen LogP) is 2.23. The smallest absolute Gasteiger partial charge is 0.129 e. The van der Waals surface area contributed by atoms with Gasteiger partial charge >= 0.3 is 0 Å². The third-order valence-corrected chi connectivity index (χ3v) is 3.66. The first-order valence-electron chi connectivity index (χ1n) is 6.23. The lowest BCUT2D eigenvalue weighted by Gasteiger charge is -2.35. The number of hydrogen-bond acceptors (Lipinski definition) is 3. The Kier molecular flexibility index (Phi) is 7.04. The van der Waals surface area contributed by atoms with Crippen LogP contribution in [-0.4, -0.2) is 42.8 Å². The molecule has 0 aliphatic carbocycles. The van der Waals surface area contributed by atoms with Crippen molar-refractivity contribution < 1.29 is 9.50 Å². The van der Waals surface area contributed by atoms with Crippen molar-refractivity contribution in [3.05, 3.63) is 34.6 Å². The number of nitrogens with zero attached hydrogens (tertiary/aromatic N) is 1. The summed E-state index contributed by atoms with van der Waals surface area (Å²) in [6.07, 6.45) is 0.501. The number of hydrogen-bond donors (Lipinski definition) is 2. The van der Waals surface area contributed by atoms with Crippen molar-refractivity contribution in [3.63, 3.8) is 0 Å². The standard InChI is InChI=1S/C13H18ClFN2O.ClH/c14-10-2-1-3-11(15)13(10)12(4-9-18)17-7-5-16-6-8-17;/h1-3,12,16,18H,4-9H2;1H/t12-;/m1./s1. The molecule has 19 heavy (non-hydrogen) atoms. The molecular weight excluding hydrogens is 290 g/mol. The zero-order chi connectivity index (χ0) is 13.0. The van der Waals surface area contributed by atoms with Crippen LogP contribution in [0.15, 0.2) is 18.2 Å². The average molecular weight is 309 g/mol. The van der Waals surface area contributed by atoms with E-state index in [2.05, 4.69) is 10.2 Å². The molecule has 0 radical (unpaired) electrons. The first kappa shape index (κ1) is 16.7. The van der Waals surface area contributed by atoms with Gasteiger partial charge in [-0.25, -0.2) is 4.39 Å². The van der Waals surface area contributed by atoms with Crippen LogP contribution < -0.4 is 5.32 Å². The van der Waals surface area contributed by atoms with Crippen molar-refractivity contribution in [1.29, 1.82) is 0 Å². The highest BCUT2D eigenvalue weighted by molar-refractivity contribution is 6.31. The zero-order valence-electron chi connectivity index (χ0n) is 10.6. The molecule has 1 fully saturated rings. The van der Waals surface area contributed by atoms with E-state index in [4.69, 9.17) is 11.6 Å². The van der Waals surface area contributed by atoms with Gasteiger partial charge in [-0.3, -0.25) is 4.90 Å². The summed E-state index contributed by atoms with van der Waals surface area (Å²) in [6.45, 7) is 3.48. The lowest BCUT2D eigenvalue weighted by molar-refractivity contribution is 0.138. The Balaban J connectivity index is 0.00000180. The van der Waals surface area contributed by atoms with Crippen molar-refractivity contribution >= 4 is 24.0 Å². The van der Waals surface area contributed by atoms with Crippen LogP contribution in [-0.2, 0) is 0 Å². The maximum absolute atomic E-state index is 14.0. The molecule has 1 aromatic rings. The predicted molar refractivity (Wildman–Crippen MR) is 77.5 cm³/mol. The number of nitrogens with one attached hydrogen (secondary N) is 1. The van der Waals surface area contributed by atoms with Crippen molar-refractivity contribution in [1.82, 2.24) is 10.2 Å². The maximum Gasteiger partial charge on any atom is 0.129 e. The van der Waals surface area contributed by atoms with Gasteiger partial charge in [0.25, 0.3) is 0 Å². The van der Waals surface area contributed by atoms with E-state index in [1.807, 2.05) is 0 Å². The summed E-state index contributed by atoms with van der Waals surface area (Å²) in [5.74, 6) is -0.292. The summed E-state index contributed by atoms with van der Waals surface area (Å²) in [6, 6.07) is 4.58. The second-order valence-electron chi connectivity index (χ2n) is 4.45. The van der Waals surface area contributed by atoms with Crippen LogP contribution in [0, 0.1) is 5.82 Å². The molecule has 0 bridgehead atoms. The molecule has 1 aliphatic rings. The van der Waals surface area contributed by atoms with Crippen LogP contribution in [0.5, 0.6) is 0 Å². The van der Waals surface area contributed by atoms with Crippen molar-refractivity contribution in [3.8, 4) is 0 Å². The molecule has 0 spiro atoms. The fraction of sp³-hybridized carbons (Fsp3) is 0.538. The minimum absolute atomic E-state index is 0. The highest BCUT2D eigenvalue weighted by Crippen LogP contribution is 2.32. The number of aliphatic hydroxyl groups excluding tert-OH is 1. The molecule has 108 valence electrons. The molecule has 2 N–H and O–H groups in total. The van der Waals surface area contributed by atoms with E-state index in [1.54, 1.807) is 12.1 Å². The first-order valence-corrected chi connectivity index (χ1v) is 6.61. The van der Waals surface area contributed by atoms with Gasteiger partial charge < -0.3 is 10.4 Å². The summed E-state index contributed by atoms with van der Waals surface area (Å²) in [7, 11) is 0. The molecule has 0 unspecified atom stereocenters. The average Bonchev–Trinajstić information content (AvgIpc) is 2.38. The molecule has 2 rings (SSSR count). The van der Waals surface area contributed by atoms with E-state index in [1.165, 1.54) is 6.07 Å². The number of piperazine rings is 1. The summed E-state index contributed by atoms with van der Waals surface area (Å²) in [5.41, 5.74) is 0.509. The van der Waals surface area contributed by atoms with Gasteiger partial charge in [0.2, 0.25) is 0 Å². The van der Waals surface area contributed by atoms with Gasteiger partial charge in [-0.2, -0.15) is 0 Å². The molecule has 3 nitrogen and oxygen atoms in total. The fourth-order valence-corrected chi connectivity index (χ4v) is 2.74. The van der Waals surface area contributed by atoms with E-state index in [-0.39, 0.29) is 30.9 Å². The van der Waals surface area contributed by atoms with Crippen LogP contribution in [0.25, 0.3) is 0 Å². The summed E-state index contributed by atoms with van der Waals surface area (Å²) < 4.78 is 14.0. The SMILES string of the molecule is Cl.OCC[C@H](c1c(F)cccc1Cl)N1CCNCC1. The summed E-state index contributed by atoms with van der Waals surface area (Å²) >= 11 is 6.12. The topological polar surface area (TPSA) is 35.5 Å². The lowest BCUT2D eigenvalue weighted by Crippen LogP contribution is -2.45. The Morgan fingerprint density at radius 3 is 2.63 bits per heavy atom. The third-order valence-electron chi connectivity index (χ3n) is 3.33. The van der Waals surface area contributed by atoms with Crippen molar-refractivity contribution in [2.75, 3.05) is 32.8 Å². The van der Waals surface area contributed by atoms with Crippen LogP contribution in [0.4, 0.5) is 4.39 Å². The zero-order valence-corrected chi connectivity index (χ0v) is 12.2. The second-order valence-corrected chi connectivity index (χ2v) is 4.86. The molecule has 0 saturated carbocycles. The molecule has 0 amide bonds. The number of aliphatic hydroxyl groups is 1. The second kappa shape index (κ2) is 8.02. The molecule has 0 aromatic heterocycles. The van der Waals surface area contributed by atoms with Gasteiger partial charge in [0, 0.05) is 49.4 Å². The minimum Gasteiger partial charge on any atom is -0.396 e. The lowest BCUT2D eigenvalue weighted by atomic mass is 10.0. The molecular formula is C13H19Cl2FN2O. The maximum atomic E-state index is 14.0. The molecule has 6 heteroatoms. The molecule has 1 saturated heterocycles. The van der Waals surface area contributed by atoms with Crippen LogP contribution in [0.3, 0.4) is 0 Å². The highest BCUT2D eigenvalue weighted by atomic mass is 35.5. The van der Waals surface area contributed by atoms with Gasteiger partial charge in [-0.05, 0) is 18.6 Å². The Morgan fingerprint density at radius 2 is 2.05 bits per heavy atom. The van der Waals surface area contributed by atoms with E-state index in [0.717, 1.165) is 26.2 Å². The van der Waals surface area contributed by atoms with Crippen molar-refractivity contribution in [2.45, 2.75) is 12.5 Å². The van der Waals surface area contributed by atoms with E-state index in [0.29, 0.717) is 17.0 Å². The largest absolute Gasteiger partial charge is 0.396 e. The normalized spacial score (nSPS) is 17.8. The van der Waals surface area contributed by atoms with Gasteiger partial charge in [-0.1, -0.05) is 17.7 Å². The minimum atomic E-state index is -0.292. The Morgan fingerprint density at radius 1 is 1.37 bits per heavy atom. The Labute approximate surface area is 124 Å². The van der Waals surface area contributed by atoms with Crippen molar-refractivity contribution in [2.24, 2.45) is 0 Å².